The maximum Gasteiger partial charge on any atom is 0.269 e. The van der Waals surface area contributed by atoms with E-state index in [1.54, 1.807) is 38.5 Å². The average molecular weight is 316 g/mol. The molecule has 2 aromatic rings. The monoisotopic (exact) mass is 316 g/mol. The predicted molar refractivity (Wildman–Crippen MR) is 85.0 cm³/mol. The molecule has 23 heavy (non-hydrogen) atoms. The van der Waals surface area contributed by atoms with Gasteiger partial charge in [-0.3, -0.25) is 10.1 Å². The fourth-order valence-corrected chi connectivity index (χ4v) is 1.90. The van der Waals surface area contributed by atoms with E-state index in [4.69, 9.17) is 14.3 Å². The first kappa shape index (κ1) is 16.3. The van der Waals surface area contributed by atoms with Crippen LogP contribution in [0.5, 0.6) is 11.5 Å². The lowest BCUT2D eigenvalue weighted by Gasteiger charge is -2.07. The fraction of sp³-hybridized carbons (Fsp3) is 0.188. The van der Waals surface area contributed by atoms with Crippen molar-refractivity contribution < 1.29 is 19.2 Å². The van der Waals surface area contributed by atoms with Gasteiger partial charge in [-0.2, -0.15) is 0 Å². The van der Waals surface area contributed by atoms with Crippen LogP contribution in [-0.4, -0.2) is 25.4 Å². The molecule has 0 aliphatic carbocycles. The third-order valence-corrected chi connectivity index (χ3v) is 3.04. The molecule has 0 saturated carbocycles. The second kappa shape index (κ2) is 7.79. The van der Waals surface area contributed by atoms with Gasteiger partial charge in [0.1, 0.15) is 6.61 Å². The van der Waals surface area contributed by atoms with Gasteiger partial charge in [-0.25, -0.2) is 0 Å². The maximum absolute atomic E-state index is 10.7. The van der Waals surface area contributed by atoms with Crippen molar-refractivity contribution in [2.45, 2.75) is 6.61 Å². The molecule has 0 aliphatic heterocycles. The zero-order chi connectivity index (χ0) is 16.7. The van der Waals surface area contributed by atoms with Gasteiger partial charge in [0.15, 0.2) is 11.5 Å². The van der Waals surface area contributed by atoms with Crippen LogP contribution in [0.2, 0.25) is 0 Å². The Bertz CT molecular complexity index is 715. The molecule has 0 bridgehead atoms. The molecule has 0 amide bonds. The van der Waals surface area contributed by atoms with Gasteiger partial charge in [0.2, 0.25) is 0 Å². The van der Waals surface area contributed by atoms with Crippen LogP contribution >= 0.6 is 0 Å². The Kier molecular flexibility index (Phi) is 5.51. The number of ether oxygens (including phenoxy) is 2. The van der Waals surface area contributed by atoms with Crippen molar-refractivity contribution in [2.24, 2.45) is 5.16 Å². The van der Waals surface area contributed by atoms with Crippen LogP contribution < -0.4 is 9.47 Å². The number of oxime groups is 1. The standard InChI is InChI=1S/C16H16N2O5/c1-21-15-7-6-12(9-16(15)22-2)10-17-23-11-13-4-3-5-14(8-13)18(19)20/h3-10H,11H2,1-2H3/b17-10-. The van der Waals surface area contributed by atoms with Crippen molar-refractivity contribution in [3.63, 3.8) is 0 Å². The Balaban J connectivity index is 1.97. The van der Waals surface area contributed by atoms with Crippen molar-refractivity contribution in [3.05, 3.63) is 63.7 Å². The molecule has 0 fully saturated rings. The van der Waals surface area contributed by atoms with Gasteiger partial charge in [-0.15, -0.1) is 0 Å². The summed E-state index contributed by atoms with van der Waals surface area (Å²) >= 11 is 0. The zero-order valence-electron chi connectivity index (χ0n) is 12.8. The van der Waals surface area contributed by atoms with Crippen LogP contribution in [0, 0.1) is 10.1 Å². The van der Waals surface area contributed by atoms with Crippen LogP contribution in [0.15, 0.2) is 47.6 Å². The van der Waals surface area contributed by atoms with Crippen molar-refractivity contribution in [1.29, 1.82) is 0 Å². The summed E-state index contributed by atoms with van der Waals surface area (Å²) in [6.07, 6.45) is 1.53. The van der Waals surface area contributed by atoms with Crippen LogP contribution in [0.25, 0.3) is 0 Å². The van der Waals surface area contributed by atoms with E-state index in [1.165, 1.54) is 18.3 Å². The summed E-state index contributed by atoms with van der Waals surface area (Å²) in [6.45, 7) is 0.144. The summed E-state index contributed by atoms with van der Waals surface area (Å²) in [5, 5.41) is 14.5. The number of hydrogen-bond acceptors (Lipinski definition) is 6. The van der Waals surface area contributed by atoms with Crippen molar-refractivity contribution in [1.82, 2.24) is 0 Å². The molecule has 0 radical (unpaired) electrons. The minimum Gasteiger partial charge on any atom is -0.493 e. The Morgan fingerprint density at radius 1 is 1.13 bits per heavy atom. The number of non-ortho nitro benzene ring substituents is 1. The third-order valence-electron chi connectivity index (χ3n) is 3.04. The first-order valence-corrected chi connectivity index (χ1v) is 6.74. The number of nitro benzene ring substituents is 1. The van der Waals surface area contributed by atoms with Crippen LogP contribution in [-0.2, 0) is 11.4 Å². The molecule has 0 unspecified atom stereocenters. The lowest BCUT2D eigenvalue weighted by atomic mass is 10.2. The Labute approximate surface area is 133 Å². The Morgan fingerprint density at radius 3 is 2.61 bits per heavy atom. The number of rotatable bonds is 7. The normalized spacial score (nSPS) is 10.5. The van der Waals surface area contributed by atoms with Gasteiger partial charge in [-0.1, -0.05) is 17.3 Å². The van der Waals surface area contributed by atoms with E-state index in [1.807, 2.05) is 6.07 Å². The smallest absolute Gasteiger partial charge is 0.269 e. The number of methoxy groups -OCH3 is 2. The fourth-order valence-electron chi connectivity index (χ4n) is 1.90. The summed E-state index contributed by atoms with van der Waals surface area (Å²) in [4.78, 5) is 15.4. The van der Waals surface area contributed by atoms with Crippen LogP contribution in [0.3, 0.4) is 0 Å². The molecular weight excluding hydrogens is 300 g/mol. The minimum absolute atomic E-state index is 0.0231. The van der Waals surface area contributed by atoms with Gasteiger partial charge in [0, 0.05) is 17.7 Å². The molecule has 7 nitrogen and oxygen atoms in total. The topological polar surface area (TPSA) is 83.2 Å². The van der Waals surface area contributed by atoms with E-state index in [0.29, 0.717) is 17.1 Å². The second-order valence-corrected chi connectivity index (χ2v) is 4.55. The molecule has 0 saturated heterocycles. The summed E-state index contributed by atoms with van der Waals surface area (Å²) in [7, 11) is 3.12. The average Bonchev–Trinajstić information content (AvgIpc) is 2.58. The van der Waals surface area contributed by atoms with Crippen molar-refractivity contribution >= 4 is 11.9 Å². The largest absolute Gasteiger partial charge is 0.493 e. The highest BCUT2D eigenvalue weighted by Gasteiger charge is 2.06. The number of nitrogens with zero attached hydrogens (tertiary/aromatic N) is 2. The molecule has 0 heterocycles. The number of hydrogen-bond donors (Lipinski definition) is 0. The molecule has 0 spiro atoms. The van der Waals surface area contributed by atoms with Crippen LogP contribution in [0.1, 0.15) is 11.1 Å². The molecule has 2 rings (SSSR count). The van der Waals surface area contributed by atoms with E-state index in [2.05, 4.69) is 5.16 Å². The Morgan fingerprint density at radius 2 is 1.91 bits per heavy atom. The molecule has 0 aliphatic rings. The van der Waals surface area contributed by atoms with E-state index < -0.39 is 4.92 Å². The quantitative estimate of drug-likeness (QED) is 0.445. The molecular formula is C16H16N2O5. The molecule has 0 aromatic heterocycles. The third kappa shape index (κ3) is 4.44. The molecule has 0 atom stereocenters. The van der Waals surface area contributed by atoms with Gasteiger partial charge in [0.05, 0.1) is 25.4 Å². The van der Waals surface area contributed by atoms with Gasteiger partial charge in [0.25, 0.3) is 5.69 Å². The summed E-state index contributed by atoms with van der Waals surface area (Å²) in [5.74, 6) is 1.22. The first-order valence-electron chi connectivity index (χ1n) is 6.74. The van der Waals surface area contributed by atoms with E-state index in [-0.39, 0.29) is 12.3 Å². The minimum atomic E-state index is -0.448. The highest BCUT2D eigenvalue weighted by molar-refractivity contribution is 5.80. The summed E-state index contributed by atoms with van der Waals surface area (Å²) in [5.41, 5.74) is 1.47. The first-order chi connectivity index (χ1) is 11.1. The van der Waals surface area contributed by atoms with Crippen molar-refractivity contribution in [3.8, 4) is 11.5 Å². The summed E-state index contributed by atoms with van der Waals surface area (Å²) in [6, 6.07) is 11.6. The second-order valence-electron chi connectivity index (χ2n) is 4.55. The van der Waals surface area contributed by atoms with Gasteiger partial charge < -0.3 is 14.3 Å². The lowest BCUT2D eigenvalue weighted by molar-refractivity contribution is -0.384. The molecule has 7 heteroatoms. The van der Waals surface area contributed by atoms with E-state index in [9.17, 15) is 10.1 Å². The van der Waals surface area contributed by atoms with Gasteiger partial charge >= 0.3 is 0 Å². The molecule has 0 N–H and O–H groups in total. The van der Waals surface area contributed by atoms with Crippen molar-refractivity contribution in [2.75, 3.05) is 14.2 Å². The molecule has 2 aromatic carbocycles. The SMILES string of the molecule is COc1ccc(/C=N\OCc2cccc([N+](=O)[O-])c2)cc1OC. The lowest BCUT2D eigenvalue weighted by Crippen LogP contribution is -1.93. The highest BCUT2D eigenvalue weighted by Crippen LogP contribution is 2.26. The zero-order valence-corrected chi connectivity index (χ0v) is 12.8. The van der Waals surface area contributed by atoms with Gasteiger partial charge in [-0.05, 0) is 23.8 Å². The molecule has 120 valence electrons. The van der Waals surface area contributed by atoms with E-state index >= 15 is 0 Å². The number of nitro groups is 1. The van der Waals surface area contributed by atoms with Crippen LogP contribution in [0.4, 0.5) is 5.69 Å². The Hall–Kier alpha value is -3.09. The highest BCUT2D eigenvalue weighted by atomic mass is 16.6. The maximum atomic E-state index is 10.7. The van der Waals surface area contributed by atoms with E-state index in [0.717, 1.165) is 5.56 Å². The summed E-state index contributed by atoms with van der Waals surface area (Å²) < 4.78 is 10.3. The number of benzene rings is 2. The predicted octanol–water partition coefficient (Wildman–Crippen LogP) is 3.16.